The summed E-state index contributed by atoms with van der Waals surface area (Å²) in [6.45, 7) is 7.85. The number of allylic oxidation sites excluding steroid dienone is 1. The number of carbonyl (C=O) groups excluding carboxylic acids is 12. The van der Waals surface area contributed by atoms with Crippen LogP contribution in [0.3, 0.4) is 0 Å². The standard InChI is InChI=1S/C62H96N12O19/c1-8-32(5)50-58(88)70-43(30-75)55(85)66-37(9-2)54(84)72-51(33(6)76)59(89)68-41(19-16-34-14-17-36(93-7)18-15-34)62(92)73-24-10-12-44(73)56(86)69-42(27-35(77)28-47(79)46(78)26-31(3)4)52(82)60(90)67-39(22-23-49(63)81)53(83)64-29-48(80)38-20-21-40(65-38)61(91)74-25-11-13-45(74)57(87)71-50/h9,14-15,17-18,31-33,35,38-47,50-52,65,75-79,82H,8,10-13,16,19-30H2,1-7H3,(H2,63,81)(H,64,83)(H,66,85)(H,67,90)(H,68,89)(H,69,86)(H,70,88)(H,71,87)(H,72,84). The Hall–Kier alpha value is -7.68. The van der Waals surface area contributed by atoms with E-state index in [2.05, 4.69) is 47.9 Å². The first-order chi connectivity index (χ1) is 44.0. The first-order valence-corrected chi connectivity index (χ1v) is 31.9. The lowest BCUT2D eigenvalue weighted by Crippen LogP contribution is -2.61. The molecular weight excluding hydrogens is 1220 g/mol. The van der Waals surface area contributed by atoms with Crippen molar-refractivity contribution in [2.24, 2.45) is 17.6 Å². The predicted octanol–water partition coefficient (Wildman–Crippen LogP) is -4.69. The second kappa shape index (κ2) is 36.1. The van der Waals surface area contributed by atoms with Crippen molar-refractivity contribution in [1.82, 2.24) is 57.7 Å². The number of nitrogens with two attached hydrogens (primary N) is 1. The number of aryl methyl sites for hydroxylation is 1. The van der Waals surface area contributed by atoms with Crippen molar-refractivity contribution in [3.63, 3.8) is 0 Å². The van der Waals surface area contributed by atoms with Crippen LogP contribution in [0.4, 0.5) is 0 Å². The summed E-state index contributed by atoms with van der Waals surface area (Å²) in [7, 11) is 1.47. The summed E-state index contributed by atoms with van der Waals surface area (Å²) in [5.74, 6) is -11.3. The zero-order valence-corrected chi connectivity index (χ0v) is 53.9. The summed E-state index contributed by atoms with van der Waals surface area (Å²) in [4.78, 5) is 170. The number of nitrogens with zero attached hydrogens (tertiary/aromatic N) is 2. The topological polar surface area (TPSA) is 476 Å². The van der Waals surface area contributed by atoms with Gasteiger partial charge in [-0.15, -0.1) is 0 Å². The molecule has 0 saturated carbocycles. The second-order valence-corrected chi connectivity index (χ2v) is 24.9. The Balaban J connectivity index is 1.53. The molecule has 4 fully saturated rings. The summed E-state index contributed by atoms with van der Waals surface area (Å²) < 4.78 is 5.28. The van der Waals surface area contributed by atoms with Crippen molar-refractivity contribution in [3.05, 3.63) is 41.6 Å². The van der Waals surface area contributed by atoms with Gasteiger partial charge < -0.3 is 93.4 Å². The SMILES string of the molecule is CC=C1NC(=O)C(CO)NC(=O)C(C(C)CC)NC(=O)C2CCCN2C(=O)C2CCC(N2)C(=O)CNC(=O)C(CCC(N)=O)NC(=O)C(O)C(CC(O)CC(O)C(O)CC(C)C)NC(=O)C2CCCN2C(=O)C(CCc2ccc(OC)cc2)NC(=O)C(C(C)O)NC1=O. The van der Waals surface area contributed by atoms with E-state index >= 15 is 0 Å². The number of carbonyl (C=O) groups is 12. The molecule has 0 aromatic heterocycles. The Labute approximate surface area is 540 Å². The van der Waals surface area contributed by atoms with Crippen LogP contribution in [0, 0.1) is 11.8 Å². The van der Waals surface area contributed by atoms with Crippen LogP contribution in [-0.4, -0.2) is 235 Å². The van der Waals surface area contributed by atoms with Crippen molar-refractivity contribution in [2.75, 3.05) is 33.4 Å². The van der Waals surface area contributed by atoms with Gasteiger partial charge in [-0.05, 0) is 114 Å². The van der Waals surface area contributed by atoms with E-state index in [-0.39, 0.29) is 70.4 Å². The number of fused-ring (bicyclic) bond motifs is 4. The molecule has 4 aliphatic rings. The number of amides is 11. The number of Topliss-reactive ketones (excluding diaryl/α,β-unsaturated/α-hetero) is 1. The number of benzene rings is 1. The molecule has 16 atom stereocenters. The van der Waals surface area contributed by atoms with Crippen LogP contribution in [0.5, 0.6) is 5.75 Å². The van der Waals surface area contributed by atoms with Crippen LogP contribution in [0.15, 0.2) is 36.0 Å². The van der Waals surface area contributed by atoms with Gasteiger partial charge >= 0.3 is 0 Å². The first-order valence-electron chi connectivity index (χ1n) is 31.9. The van der Waals surface area contributed by atoms with Crippen LogP contribution >= 0.6 is 0 Å². The molecule has 5 rings (SSSR count). The molecule has 1 aromatic rings. The van der Waals surface area contributed by atoms with Crippen LogP contribution in [0.1, 0.15) is 131 Å². The van der Waals surface area contributed by atoms with Gasteiger partial charge in [0.2, 0.25) is 53.2 Å². The van der Waals surface area contributed by atoms with E-state index in [1.54, 1.807) is 52.0 Å². The van der Waals surface area contributed by atoms with Gasteiger partial charge in [0.1, 0.15) is 53.7 Å². The van der Waals surface area contributed by atoms with E-state index in [9.17, 15) is 88.2 Å². The van der Waals surface area contributed by atoms with E-state index in [0.29, 0.717) is 24.2 Å². The molecule has 4 saturated heterocycles. The van der Waals surface area contributed by atoms with Crippen molar-refractivity contribution in [2.45, 2.75) is 222 Å². The van der Waals surface area contributed by atoms with Crippen LogP contribution in [0.25, 0.3) is 0 Å². The molecule has 16 unspecified atom stereocenters. The van der Waals surface area contributed by atoms with E-state index in [4.69, 9.17) is 10.5 Å². The first kappa shape index (κ1) is 76.0. The number of ether oxygens (including phenoxy) is 1. The molecule has 1 aromatic carbocycles. The zero-order chi connectivity index (χ0) is 69.0. The Morgan fingerprint density at radius 2 is 1.26 bits per heavy atom. The third kappa shape index (κ3) is 21.7. The van der Waals surface area contributed by atoms with E-state index in [0.717, 1.165) is 17.9 Å². The summed E-state index contributed by atoms with van der Waals surface area (Å²) in [5, 5.41) is 89.0. The van der Waals surface area contributed by atoms with Crippen LogP contribution < -0.4 is 58.3 Å². The number of hydrogen-bond acceptors (Lipinski definition) is 20. The smallest absolute Gasteiger partial charge is 0.268 e. The molecule has 4 aliphatic heterocycles. The summed E-state index contributed by atoms with van der Waals surface area (Å²) in [6, 6.07) is -7.53. The molecule has 0 radical (unpaired) electrons. The molecule has 31 heteroatoms. The van der Waals surface area contributed by atoms with E-state index in [1.165, 1.54) is 18.9 Å². The molecule has 4 heterocycles. The highest BCUT2D eigenvalue weighted by atomic mass is 16.5. The van der Waals surface area contributed by atoms with Gasteiger partial charge in [-0.1, -0.05) is 52.3 Å². The average molecular weight is 1310 g/mol. The molecular formula is C62H96N12O19. The number of primary amides is 1. The van der Waals surface area contributed by atoms with Gasteiger partial charge in [0, 0.05) is 25.9 Å². The van der Waals surface area contributed by atoms with Crippen molar-refractivity contribution >= 4 is 70.8 Å². The molecule has 17 N–H and O–H groups in total. The van der Waals surface area contributed by atoms with Gasteiger partial charge in [0.25, 0.3) is 11.8 Å². The van der Waals surface area contributed by atoms with Gasteiger partial charge in [-0.25, -0.2) is 0 Å². The lowest BCUT2D eigenvalue weighted by molar-refractivity contribution is -0.143. The number of methoxy groups -OCH3 is 1. The van der Waals surface area contributed by atoms with Crippen LogP contribution in [-0.2, 0) is 64.0 Å². The minimum Gasteiger partial charge on any atom is -0.497 e. The fourth-order valence-electron chi connectivity index (χ4n) is 11.8. The van der Waals surface area contributed by atoms with Crippen molar-refractivity contribution in [1.29, 1.82) is 0 Å². The second-order valence-electron chi connectivity index (χ2n) is 24.9. The maximum Gasteiger partial charge on any atom is 0.268 e. The summed E-state index contributed by atoms with van der Waals surface area (Å²) >= 11 is 0. The number of rotatable bonds is 18. The quantitative estimate of drug-likeness (QED) is 0.0614. The van der Waals surface area contributed by atoms with Gasteiger partial charge in [-0.3, -0.25) is 62.9 Å². The lowest BCUT2D eigenvalue weighted by atomic mass is 9.94. The van der Waals surface area contributed by atoms with Crippen molar-refractivity contribution < 1.29 is 92.9 Å². The predicted molar refractivity (Wildman–Crippen MR) is 332 cm³/mol. The number of ketones is 1. The Morgan fingerprint density at radius 3 is 1.84 bits per heavy atom. The Bertz CT molecular complexity index is 2840. The molecule has 31 nitrogen and oxygen atoms in total. The molecule has 0 aliphatic carbocycles. The summed E-state index contributed by atoms with van der Waals surface area (Å²) in [6.07, 6.45) is -8.07. The highest BCUT2D eigenvalue weighted by Crippen LogP contribution is 2.26. The van der Waals surface area contributed by atoms with Gasteiger partial charge in [0.15, 0.2) is 11.9 Å². The molecule has 93 heavy (non-hydrogen) atoms. The maximum atomic E-state index is 15.0. The minimum atomic E-state index is -2.33. The molecule has 0 spiro atoms. The highest BCUT2D eigenvalue weighted by Gasteiger charge is 2.45. The van der Waals surface area contributed by atoms with E-state index < -0.39 is 212 Å². The minimum absolute atomic E-state index is 0.0191. The number of aliphatic hydroxyl groups is 6. The van der Waals surface area contributed by atoms with Gasteiger partial charge in [0.05, 0.1) is 62.8 Å². The van der Waals surface area contributed by atoms with Crippen LogP contribution in [0.2, 0.25) is 0 Å². The Morgan fingerprint density at radius 1 is 0.677 bits per heavy atom. The monoisotopic (exact) mass is 1310 g/mol. The largest absolute Gasteiger partial charge is 0.497 e. The molecule has 2 bridgehead atoms. The fourth-order valence-corrected chi connectivity index (χ4v) is 11.8. The third-order valence-electron chi connectivity index (χ3n) is 17.4. The fraction of sp³-hybridized carbons (Fsp3) is 0.677. The maximum absolute atomic E-state index is 15.0. The molecule has 518 valence electrons. The third-order valence-corrected chi connectivity index (χ3v) is 17.4. The number of aliphatic hydroxyl groups excluding tert-OH is 6. The number of nitrogens with one attached hydrogen (secondary N) is 9. The van der Waals surface area contributed by atoms with Crippen molar-refractivity contribution in [3.8, 4) is 5.75 Å². The average Bonchev–Trinajstić information content (AvgIpc) is 1.77. The highest BCUT2D eigenvalue weighted by molar-refractivity contribution is 6.03. The normalized spacial score (nSPS) is 28.8. The Kier molecular flexibility index (Phi) is 29.5. The molecule has 11 amide bonds. The van der Waals surface area contributed by atoms with E-state index in [1.807, 2.05) is 0 Å². The number of hydrogen-bond donors (Lipinski definition) is 16. The van der Waals surface area contributed by atoms with Gasteiger partial charge in [-0.2, -0.15) is 0 Å². The summed E-state index contributed by atoms with van der Waals surface area (Å²) in [5.41, 5.74) is 5.59. The lowest BCUT2D eigenvalue weighted by Gasteiger charge is -2.33. The zero-order valence-electron chi connectivity index (χ0n) is 53.9.